The van der Waals surface area contributed by atoms with E-state index in [0.29, 0.717) is 0 Å². The first kappa shape index (κ1) is 15.8. The van der Waals surface area contributed by atoms with Gasteiger partial charge >= 0.3 is 5.69 Å². The molecule has 3 atom stereocenters. The van der Waals surface area contributed by atoms with E-state index in [1.165, 1.54) is 13.3 Å². The molecule has 1 fully saturated rings. The smallest absolute Gasteiger partial charge is 0.352 e. The topological polar surface area (TPSA) is 93.8 Å². The number of rotatable bonds is 5. The lowest BCUT2D eigenvalue weighted by molar-refractivity contribution is -0.0460. The number of aliphatic hydroxyl groups is 2. The van der Waals surface area contributed by atoms with Crippen molar-refractivity contribution >= 4 is 0 Å². The van der Waals surface area contributed by atoms with Gasteiger partial charge in [-0.2, -0.15) is 4.98 Å². The summed E-state index contributed by atoms with van der Waals surface area (Å²) in [6, 6.07) is 0. The molecule has 0 spiro atoms. The summed E-state index contributed by atoms with van der Waals surface area (Å²) in [6.45, 7) is -0.403. The third-order valence-corrected chi connectivity index (χ3v) is 3.25. The summed E-state index contributed by atoms with van der Waals surface area (Å²) in [7, 11) is 1.23. The molecular formula is C12H16F2N2O5. The van der Waals surface area contributed by atoms with Crippen LogP contribution >= 0.6 is 0 Å². The standard InChI is InChI=1S/C12H16F2N2O5/c1-20-11-6(2-9(13)14)4-16(12(19)15-11)10-3-7(18)8(5-17)21-10/h4,7-10,17-18H,2-3,5H2,1H3/t7-,8+,10+/m0/s1. The van der Waals surface area contributed by atoms with E-state index in [4.69, 9.17) is 14.6 Å². The summed E-state index contributed by atoms with van der Waals surface area (Å²) in [5.74, 6) is -0.159. The summed E-state index contributed by atoms with van der Waals surface area (Å²) < 4.78 is 36.3. The summed E-state index contributed by atoms with van der Waals surface area (Å²) >= 11 is 0. The van der Waals surface area contributed by atoms with E-state index in [1.54, 1.807) is 0 Å². The summed E-state index contributed by atoms with van der Waals surface area (Å²) in [5, 5.41) is 18.7. The Balaban J connectivity index is 2.34. The predicted octanol–water partition coefficient (Wildman–Crippen LogP) is -0.300. The van der Waals surface area contributed by atoms with Crippen LogP contribution in [0.5, 0.6) is 5.88 Å². The molecule has 21 heavy (non-hydrogen) atoms. The van der Waals surface area contributed by atoms with Crippen LogP contribution < -0.4 is 10.4 Å². The van der Waals surface area contributed by atoms with Crippen LogP contribution in [0.25, 0.3) is 0 Å². The molecule has 1 aromatic rings. The van der Waals surface area contributed by atoms with Gasteiger partial charge in [0.15, 0.2) is 0 Å². The van der Waals surface area contributed by atoms with E-state index in [0.717, 1.165) is 4.57 Å². The number of hydrogen-bond donors (Lipinski definition) is 2. The van der Waals surface area contributed by atoms with Crippen molar-refractivity contribution in [3.63, 3.8) is 0 Å². The molecular weight excluding hydrogens is 290 g/mol. The van der Waals surface area contributed by atoms with Crippen molar-refractivity contribution in [2.24, 2.45) is 0 Å². The number of alkyl halides is 2. The number of aromatic nitrogens is 2. The van der Waals surface area contributed by atoms with Crippen LogP contribution in [-0.4, -0.2) is 52.1 Å². The average molecular weight is 306 g/mol. The van der Waals surface area contributed by atoms with Gasteiger partial charge in [-0.1, -0.05) is 0 Å². The third-order valence-electron chi connectivity index (χ3n) is 3.25. The molecule has 2 rings (SSSR count). The van der Waals surface area contributed by atoms with Crippen LogP contribution in [0, 0.1) is 0 Å². The lowest BCUT2D eigenvalue weighted by atomic mass is 10.2. The molecule has 1 aliphatic heterocycles. The van der Waals surface area contributed by atoms with Crippen LogP contribution in [0.15, 0.2) is 11.0 Å². The van der Waals surface area contributed by atoms with Gasteiger partial charge in [0.1, 0.15) is 12.3 Å². The molecule has 1 aliphatic rings. The fourth-order valence-electron chi connectivity index (χ4n) is 2.23. The second-order valence-corrected chi connectivity index (χ2v) is 4.68. The highest BCUT2D eigenvalue weighted by molar-refractivity contribution is 5.23. The molecule has 0 radical (unpaired) electrons. The Labute approximate surface area is 118 Å². The largest absolute Gasteiger partial charge is 0.481 e. The van der Waals surface area contributed by atoms with Crippen molar-refractivity contribution in [3.05, 3.63) is 22.2 Å². The molecule has 1 saturated heterocycles. The Hall–Kier alpha value is -1.58. The van der Waals surface area contributed by atoms with E-state index in [1.807, 2.05) is 0 Å². The van der Waals surface area contributed by atoms with Crippen molar-refractivity contribution in [3.8, 4) is 5.88 Å². The highest BCUT2D eigenvalue weighted by atomic mass is 19.3. The van der Waals surface area contributed by atoms with Crippen molar-refractivity contribution in [2.45, 2.75) is 37.7 Å². The SMILES string of the molecule is COc1nc(=O)n([C@H]2C[C@H](O)[C@@H](CO)O2)cc1CC(F)F. The minimum Gasteiger partial charge on any atom is -0.481 e. The lowest BCUT2D eigenvalue weighted by Gasteiger charge is -2.16. The minimum absolute atomic E-state index is 0.0628. The fraction of sp³-hybridized carbons (Fsp3) is 0.667. The maximum atomic E-state index is 12.6. The van der Waals surface area contributed by atoms with E-state index in [2.05, 4.69) is 4.98 Å². The Morgan fingerprint density at radius 1 is 1.62 bits per heavy atom. The van der Waals surface area contributed by atoms with E-state index in [9.17, 15) is 18.7 Å². The first-order valence-electron chi connectivity index (χ1n) is 6.34. The zero-order chi connectivity index (χ0) is 15.6. The van der Waals surface area contributed by atoms with Gasteiger partial charge < -0.3 is 19.7 Å². The Morgan fingerprint density at radius 2 is 2.33 bits per heavy atom. The maximum absolute atomic E-state index is 12.6. The third kappa shape index (κ3) is 3.36. The molecule has 9 heteroatoms. The van der Waals surface area contributed by atoms with Crippen molar-refractivity contribution in [2.75, 3.05) is 13.7 Å². The van der Waals surface area contributed by atoms with Crippen LogP contribution in [0.4, 0.5) is 8.78 Å². The Kier molecular flexibility index (Phi) is 4.86. The normalized spacial score (nSPS) is 25.5. The van der Waals surface area contributed by atoms with Crippen molar-refractivity contribution < 1.29 is 28.5 Å². The molecule has 0 bridgehead atoms. The highest BCUT2D eigenvalue weighted by Crippen LogP contribution is 2.28. The molecule has 0 aromatic carbocycles. The van der Waals surface area contributed by atoms with Crippen LogP contribution in [0.1, 0.15) is 18.2 Å². The first-order chi connectivity index (χ1) is 9.96. The fourth-order valence-corrected chi connectivity index (χ4v) is 2.23. The lowest BCUT2D eigenvalue weighted by Crippen LogP contribution is -2.29. The van der Waals surface area contributed by atoms with Crippen LogP contribution in [0.2, 0.25) is 0 Å². The Morgan fingerprint density at radius 3 is 2.86 bits per heavy atom. The minimum atomic E-state index is -2.62. The van der Waals surface area contributed by atoms with Gasteiger partial charge in [0.2, 0.25) is 12.3 Å². The number of methoxy groups -OCH3 is 1. The van der Waals surface area contributed by atoms with Gasteiger partial charge in [-0.25, -0.2) is 13.6 Å². The van der Waals surface area contributed by atoms with Crippen LogP contribution in [-0.2, 0) is 11.2 Å². The monoisotopic (exact) mass is 306 g/mol. The molecule has 118 valence electrons. The van der Waals surface area contributed by atoms with Gasteiger partial charge in [-0.05, 0) is 0 Å². The van der Waals surface area contributed by atoms with Crippen molar-refractivity contribution in [1.82, 2.24) is 9.55 Å². The quantitative estimate of drug-likeness (QED) is 0.776. The number of halogens is 2. The summed E-state index contributed by atoms with van der Waals surface area (Å²) in [6.07, 6.45) is -4.60. The zero-order valence-corrected chi connectivity index (χ0v) is 11.3. The molecule has 0 saturated carbocycles. The number of aliphatic hydroxyl groups excluding tert-OH is 2. The van der Waals surface area contributed by atoms with E-state index in [-0.39, 0.29) is 17.9 Å². The van der Waals surface area contributed by atoms with E-state index >= 15 is 0 Å². The molecule has 0 aliphatic carbocycles. The van der Waals surface area contributed by atoms with Crippen molar-refractivity contribution in [1.29, 1.82) is 0 Å². The predicted molar refractivity (Wildman–Crippen MR) is 66.4 cm³/mol. The van der Waals surface area contributed by atoms with Gasteiger partial charge in [0.05, 0.1) is 19.8 Å². The highest BCUT2D eigenvalue weighted by Gasteiger charge is 2.35. The summed E-state index contributed by atoms with van der Waals surface area (Å²) in [5.41, 5.74) is -0.668. The number of ether oxygens (including phenoxy) is 2. The van der Waals surface area contributed by atoms with Gasteiger partial charge in [-0.15, -0.1) is 0 Å². The van der Waals surface area contributed by atoms with Crippen LogP contribution in [0.3, 0.4) is 0 Å². The molecule has 1 aromatic heterocycles. The second kappa shape index (κ2) is 6.46. The average Bonchev–Trinajstić information content (AvgIpc) is 2.80. The maximum Gasteiger partial charge on any atom is 0.352 e. The molecule has 0 unspecified atom stereocenters. The van der Waals surface area contributed by atoms with E-state index < -0.39 is 43.6 Å². The molecule has 2 N–H and O–H groups in total. The second-order valence-electron chi connectivity index (χ2n) is 4.68. The zero-order valence-electron chi connectivity index (χ0n) is 11.3. The summed E-state index contributed by atoms with van der Waals surface area (Å²) in [4.78, 5) is 15.5. The van der Waals surface area contributed by atoms with Gasteiger partial charge in [0.25, 0.3) is 0 Å². The number of hydrogen-bond acceptors (Lipinski definition) is 6. The molecule has 2 heterocycles. The first-order valence-corrected chi connectivity index (χ1v) is 6.34. The van der Waals surface area contributed by atoms with Gasteiger partial charge in [-0.3, -0.25) is 4.57 Å². The Bertz CT molecular complexity index is 551. The molecule has 0 amide bonds. The van der Waals surface area contributed by atoms with Gasteiger partial charge in [0, 0.05) is 24.6 Å². The molecule has 7 nitrogen and oxygen atoms in total. The number of nitrogens with zero attached hydrogens (tertiary/aromatic N) is 2.